The van der Waals surface area contributed by atoms with Crippen LogP contribution in [0.5, 0.6) is 23.0 Å². The second-order valence-corrected chi connectivity index (χ2v) is 12.0. The fourth-order valence-corrected chi connectivity index (χ4v) is 6.17. The number of fused-ring (bicyclic) bond motifs is 4. The summed E-state index contributed by atoms with van der Waals surface area (Å²) in [6, 6.07) is 9.19. The van der Waals surface area contributed by atoms with Crippen molar-refractivity contribution in [2.75, 3.05) is 13.2 Å². The summed E-state index contributed by atoms with van der Waals surface area (Å²) in [5.41, 5.74) is 3.04. The Balaban J connectivity index is 0.000000172. The summed E-state index contributed by atoms with van der Waals surface area (Å²) in [7, 11) is 0. The molecular weight excluding hydrogens is 750 g/mol. The lowest BCUT2D eigenvalue weighted by Crippen LogP contribution is -2.23. The van der Waals surface area contributed by atoms with Gasteiger partial charge < -0.3 is 38.9 Å². The summed E-state index contributed by atoms with van der Waals surface area (Å²) < 4.78 is 80.0. The highest BCUT2D eigenvalue weighted by molar-refractivity contribution is 5.99. The van der Waals surface area contributed by atoms with Gasteiger partial charge in [-0.2, -0.15) is 8.78 Å². The predicted molar refractivity (Wildman–Crippen MR) is 186 cm³/mol. The number of ether oxygens (including phenoxy) is 4. The molecule has 0 saturated carbocycles. The molecule has 0 fully saturated rings. The standard InChI is InChI=1S/C19H12F2N2O5.C19H11F2NO6/c1-2-27-19(26)10-7-23-12-5-8(18(22)25)3-4-13(12)28-17-14(21)11(20)6-9(15(17)23)16(10)24;1-2-27-19(26)10-7-22-12-5-8(18(24)25)3-4-13(12)28-17-14(21)11(20)6-9(15(17)22)16(10)23/h3-7H,2H2,1H3,(H2,22,25);3-7H,2H2,1H3,(H,24,25). The van der Waals surface area contributed by atoms with E-state index in [0.717, 1.165) is 12.4 Å². The van der Waals surface area contributed by atoms with Gasteiger partial charge in [-0.3, -0.25) is 14.4 Å². The number of carbonyl (C=O) groups is 4. The van der Waals surface area contributed by atoms with Crippen LogP contribution in [-0.4, -0.2) is 51.3 Å². The van der Waals surface area contributed by atoms with Crippen molar-refractivity contribution in [2.45, 2.75) is 13.8 Å². The summed E-state index contributed by atoms with van der Waals surface area (Å²) in [5.74, 6) is -9.92. The molecule has 2 aromatic heterocycles. The first kappa shape index (κ1) is 36.8. The Kier molecular flexibility index (Phi) is 9.03. The lowest BCUT2D eigenvalue weighted by atomic mass is 10.1. The van der Waals surface area contributed by atoms with Crippen molar-refractivity contribution in [1.29, 1.82) is 0 Å². The average molecular weight is 774 g/mol. The lowest BCUT2D eigenvalue weighted by Gasteiger charge is -2.24. The van der Waals surface area contributed by atoms with Crippen LogP contribution in [0.25, 0.3) is 33.2 Å². The molecule has 0 radical (unpaired) electrons. The second-order valence-electron chi connectivity index (χ2n) is 12.0. The molecule has 14 nitrogen and oxygen atoms in total. The number of nitrogens with two attached hydrogens (primary N) is 1. The molecular formula is C38H23F4N3O11. The number of rotatable bonds is 6. The van der Waals surface area contributed by atoms with E-state index in [9.17, 15) is 51.4 Å². The van der Waals surface area contributed by atoms with Crippen LogP contribution < -0.4 is 26.1 Å². The smallest absolute Gasteiger partial charge is 0.343 e. The predicted octanol–water partition coefficient (Wildman–Crippen LogP) is 5.90. The van der Waals surface area contributed by atoms with Gasteiger partial charge in [-0.15, -0.1) is 0 Å². The third kappa shape index (κ3) is 5.83. The summed E-state index contributed by atoms with van der Waals surface area (Å²) >= 11 is 0. The van der Waals surface area contributed by atoms with Gasteiger partial charge in [0.25, 0.3) is 0 Å². The number of primary amides is 1. The van der Waals surface area contributed by atoms with Gasteiger partial charge in [-0.1, -0.05) is 0 Å². The molecule has 0 bridgehead atoms. The molecule has 6 aromatic rings. The van der Waals surface area contributed by atoms with E-state index in [1.807, 2.05) is 0 Å². The third-order valence-electron chi connectivity index (χ3n) is 8.66. The number of carboxylic acid groups (broad SMARTS) is 1. The van der Waals surface area contributed by atoms with E-state index in [4.69, 9.17) is 24.7 Å². The molecule has 18 heteroatoms. The van der Waals surface area contributed by atoms with Crippen LogP contribution in [0.15, 0.2) is 70.5 Å². The van der Waals surface area contributed by atoms with Crippen molar-refractivity contribution in [3.05, 3.63) is 127 Å². The van der Waals surface area contributed by atoms with Crippen LogP contribution in [0.2, 0.25) is 0 Å². The van der Waals surface area contributed by atoms with Gasteiger partial charge in [0, 0.05) is 18.0 Å². The zero-order valence-electron chi connectivity index (χ0n) is 28.7. The quantitative estimate of drug-likeness (QED) is 0.151. The Hall–Kier alpha value is -7.50. The molecule has 0 unspecified atom stereocenters. The Morgan fingerprint density at radius 1 is 0.679 bits per heavy atom. The molecule has 0 aliphatic carbocycles. The number of aromatic carboxylic acids is 1. The Bertz CT molecular complexity index is 2690. The fourth-order valence-electron chi connectivity index (χ4n) is 6.17. The monoisotopic (exact) mass is 773 g/mol. The maximum Gasteiger partial charge on any atom is 0.343 e. The minimum Gasteiger partial charge on any atom is -0.478 e. The first-order valence-electron chi connectivity index (χ1n) is 16.3. The normalized spacial score (nSPS) is 11.7. The van der Waals surface area contributed by atoms with Gasteiger partial charge in [0.15, 0.2) is 34.6 Å². The summed E-state index contributed by atoms with van der Waals surface area (Å²) in [6.45, 7) is 3.14. The number of amides is 1. The van der Waals surface area contributed by atoms with Gasteiger partial charge in [-0.05, 0) is 62.4 Å². The van der Waals surface area contributed by atoms with Crippen molar-refractivity contribution in [3.63, 3.8) is 0 Å². The number of pyridine rings is 2. The minimum absolute atomic E-state index is 0.00218. The molecule has 0 spiro atoms. The largest absolute Gasteiger partial charge is 0.478 e. The Morgan fingerprint density at radius 2 is 1.09 bits per heavy atom. The highest BCUT2D eigenvalue weighted by Gasteiger charge is 2.31. The zero-order chi connectivity index (χ0) is 40.3. The fraction of sp³-hybridized carbons (Fsp3) is 0.105. The molecule has 284 valence electrons. The van der Waals surface area contributed by atoms with Gasteiger partial charge >= 0.3 is 17.9 Å². The van der Waals surface area contributed by atoms with E-state index in [-0.39, 0.29) is 74.6 Å². The number of carbonyl (C=O) groups excluding carboxylic acids is 3. The molecule has 2 aliphatic heterocycles. The van der Waals surface area contributed by atoms with E-state index in [2.05, 4.69) is 0 Å². The highest BCUT2D eigenvalue weighted by Crippen LogP contribution is 2.44. The van der Waals surface area contributed by atoms with E-state index >= 15 is 0 Å². The van der Waals surface area contributed by atoms with Gasteiger partial charge in [0.1, 0.15) is 22.2 Å². The first-order valence-corrected chi connectivity index (χ1v) is 16.3. The zero-order valence-corrected chi connectivity index (χ0v) is 28.7. The highest BCUT2D eigenvalue weighted by atomic mass is 19.2. The SMILES string of the molecule is CCOC(=O)c1cn2c3c(c(F)c(F)cc3c1=O)Oc1ccc(C(=O)O)cc1-2.CCOC(=O)c1cn2c3c(c(F)c(F)cc3c1=O)Oc1ccc(C(N)=O)cc1-2. The Morgan fingerprint density at radius 3 is 1.48 bits per heavy atom. The number of carboxylic acids is 1. The van der Waals surface area contributed by atoms with E-state index in [1.165, 1.54) is 45.5 Å². The maximum absolute atomic E-state index is 14.4. The van der Waals surface area contributed by atoms with Crippen molar-refractivity contribution in [1.82, 2.24) is 9.13 Å². The number of aromatic nitrogens is 2. The number of halogens is 4. The van der Waals surface area contributed by atoms with Gasteiger partial charge in [0.2, 0.25) is 28.4 Å². The maximum atomic E-state index is 14.4. The topological polar surface area (TPSA) is 195 Å². The molecule has 4 aromatic carbocycles. The van der Waals surface area contributed by atoms with Crippen LogP contribution in [-0.2, 0) is 9.47 Å². The van der Waals surface area contributed by atoms with Gasteiger partial charge in [0.05, 0.1) is 40.9 Å². The first-order chi connectivity index (χ1) is 26.7. The number of hydrogen-bond donors (Lipinski definition) is 2. The lowest BCUT2D eigenvalue weighted by molar-refractivity contribution is 0.0514. The number of nitrogens with zero attached hydrogens (tertiary/aromatic N) is 2. The van der Waals surface area contributed by atoms with Gasteiger partial charge in [-0.25, -0.2) is 23.2 Å². The molecule has 1 amide bonds. The molecule has 0 atom stereocenters. The average Bonchev–Trinajstić information content (AvgIpc) is 3.17. The van der Waals surface area contributed by atoms with Crippen LogP contribution in [0, 0.1) is 23.3 Å². The molecule has 3 N–H and O–H groups in total. The summed E-state index contributed by atoms with van der Waals surface area (Å²) in [4.78, 5) is 72.6. The molecule has 8 rings (SSSR count). The van der Waals surface area contributed by atoms with Crippen LogP contribution in [0.1, 0.15) is 55.3 Å². The molecule has 2 aliphatic rings. The third-order valence-corrected chi connectivity index (χ3v) is 8.66. The van der Waals surface area contributed by atoms with Crippen LogP contribution in [0.4, 0.5) is 17.6 Å². The van der Waals surface area contributed by atoms with Crippen LogP contribution >= 0.6 is 0 Å². The van der Waals surface area contributed by atoms with Crippen molar-refractivity contribution >= 4 is 45.6 Å². The minimum atomic E-state index is -1.32. The van der Waals surface area contributed by atoms with E-state index in [1.54, 1.807) is 13.8 Å². The van der Waals surface area contributed by atoms with E-state index in [0.29, 0.717) is 12.1 Å². The molecule has 56 heavy (non-hydrogen) atoms. The molecule has 4 heterocycles. The van der Waals surface area contributed by atoms with Crippen molar-refractivity contribution < 1.29 is 60.8 Å². The summed E-state index contributed by atoms with van der Waals surface area (Å²) in [6.07, 6.45) is 2.26. The number of esters is 2. The molecule has 0 saturated heterocycles. The van der Waals surface area contributed by atoms with Crippen molar-refractivity contribution in [2.24, 2.45) is 5.73 Å². The number of hydrogen-bond acceptors (Lipinski definition) is 10. The van der Waals surface area contributed by atoms with E-state index < -0.39 is 75.0 Å². The second kappa shape index (κ2) is 13.7. The number of benzene rings is 4. The summed E-state index contributed by atoms with van der Waals surface area (Å²) in [5, 5.41) is 8.66. The van der Waals surface area contributed by atoms with Crippen molar-refractivity contribution in [3.8, 4) is 34.4 Å². The van der Waals surface area contributed by atoms with Crippen LogP contribution in [0.3, 0.4) is 0 Å². The Labute approximate surface area is 309 Å².